The van der Waals surface area contributed by atoms with Crippen LogP contribution in [0.3, 0.4) is 0 Å². The number of halogens is 1. The van der Waals surface area contributed by atoms with Crippen molar-refractivity contribution in [3.05, 3.63) is 33.3 Å². The van der Waals surface area contributed by atoms with Crippen LogP contribution in [0.2, 0.25) is 0 Å². The Labute approximate surface area is 79.9 Å². The third-order valence-corrected chi connectivity index (χ3v) is 2.50. The van der Waals surface area contributed by atoms with Gasteiger partial charge < -0.3 is 5.73 Å². The van der Waals surface area contributed by atoms with Crippen LogP contribution in [0.25, 0.3) is 0 Å². The average Bonchev–Trinajstić information content (AvgIpc) is 1.96. The van der Waals surface area contributed by atoms with E-state index in [1.54, 1.807) is 6.07 Å². The zero-order valence-electron chi connectivity index (χ0n) is 7.02. The van der Waals surface area contributed by atoms with Crippen molar-refractivity contribution in [1.82, 2.24) is 0 Å². The molecule has 64 valence electrons. The Morgan fingerprint density at radius 3 is 2.33 bits per heavy atom. The van der Waals surface area contributed by atoms with E-state index in [1.165, 1.54) is 0 Å². The first kappa shape index (κ1) is 9.26. The first-order chi connectivity index (χ1) is 5.52. The van der Waals surface area contributed by atoms with Gasteiger partial charge in [-0.05, 0) is 53.0 Å². The maximum atomic E-state index is 10.9. The topological polar surface area (TPSA) is 43.1 Å². The summed E-state index contributed by atoms with van der Waals surface area (Å²) in [5, 5.41) is 0. The average molecular weight is 228 g/mol. The first-order valence-corrected chi connectivity index (χ1v) is 4.38. The third-order valence-electron chi connectivity index (χ3n) is 1.85. The molecule has 0 saturated carbocycles. The van der Waals surface area contributed by atoms with E-state index in [1.807, 2.05) is 19.9 Å². The summed E-state index contributed by atoms with van der Waals surface area (Å²) in [6, 6.07) is 3.69. The van der Waals surface area contributed by atoms with E-state index in [0.717, 1.165) is 15.6 Å². The molecule has 0 unspecified atom stereocenters. The monoisotopic (exact) mass is 227 g/mol. The third kappa shape index (κ3) is 1.67. The molecule has 2 N–H and O–H groups in total. The Balaban J connectivity index is 3.33. The molecule has 0 bridgehead atoms. The van der Waals surface area contributed by atoms with Crippen molar-refractivity contribution >= 4 is 21.8 Å². The van der Waals surface area contributed by atoms with Gasteiger partial charge in [-0.15, -0.1) is 0 Å². The molecule has 1 aromatic carbocycles. The van der Waals surface area contributed by atoms with E-state index in [2.05, 4.69) is 15.9 Å². The number of primary amides is 1. The van der Waals surface area contributed by atoms with E-state index in [-0.39, 0.29) is 0 Å². The summed E-state index contributed by atoms with van der Waals surface area (Å²) in [5.74, 6) is -0.398. The highest BCUT2D eigenvalue weighted by Gasteiger charge is 2.07. The highest BCUT2D eigenvalue weighted by Crippen LogP contribution is 2.20. The van der Waals surface area contributed by atoms with Crippen LogP contribution in [0.15, 0.2) is 16.6 Å². The second kappa shape index (κ2) is 3.27. The van der Waals surface area contributed by atoms with Crippen LogP contribution in [-0.4, -0.2) is 5.91 Å². The van der Waals surface area contributed by atoms with Gasteiger partial charge in [-0.1, -0.05) is 0 Å². The van der Waals surface area contributed by atoms with Gasteiger partial charge in [-0.2, -0.15) is 0 Å². The van der Waals surface area contributed by atoms with Crippen molar-refractivity contribution in [2.75, 3.05) is 0 Å². The number of hydrogen-bond donors (Lipinski definition) is 1. The van der Waals surface area contributed by atoms with E-state index < -0.39 is 5.91 Å². The molecule has 0 aromatic heterocycles. The molecule has 1 aromatic rings. The minimum absolute atomic E-state index is 0.398. The number of aryl methyl sites for hydroxylation is 2. The highest BCUT2D eigenvalue weighted by atomic mass is 79.9. The Bertz CT molecular complexity index is 334. The minimum Gasteiger partial charge on any atom is -0.366 e. The SMILES string of the molecule is Cc1cc(Br)c(C(N)=O)cc1C. The van der Waals surface area contributed by atoms with Crippen LogP contribution in [0.4, 0.5) is 0 Å². The summed E-state index contributed by atoms with van der Waals surface area (Å²) < 4.78 is 0.762. The summed E-state index contributed by atoms with van der Waals surface area (Å²) in [7, 11) is 0. The smallest absolute Gasteiger partial charge is 0.249 e. The zero-order valence-corrected chi connectivity index (χ0v) is 8.60. The molecular formula is C9H10BrNO. The lowest BCUT2D eigenvalue weighted by Crippen LogP contribution is -2.12. The molecule has 0 spiro atoms. The Hall–Kier alpha value is -0.830. The van der Waals surface area contributed by atoms with Gasteiger partial charge in [0.15, 0.2) is 0 Å². The lowest BCUT2D eigenvalue weighted by Gasteiger charge is -2.04. The lowest BCUT2D eigenvalue weighted by molar-refractivity contribution is 0.0999. The van der Waals surface area contributed by atoms with E-state index in [0.29, 0.717) is 5.56 Å². The van der Waals surface area contributed by atoms with Crippen LogP contribution in [0.5, 0.6) is 0 Å². The molecule has 2 nitrogen and oxygen atoms in total. The second-order valence-corrected chi connectivity index (χ2v) is 3.63. The summed E-state index contributed by atoms with van der Waals surface area (Å²) in [4.78, 5) is 10.9. The van der Waals surface area contributed by atoms with Crippen molar-refractivity contribution in [3.63, 3.8) is 0 Å². The minimum atomic E-state index is -0.398. The number of nitrogens with two attached hydrogens (primary N) is 1. The number of amides is 1. The fourth-order valence-corrected chi connectivity index (χ4v) is 1.62. The fraction of sp³-hybridized carbons (Fsp3) is 0.222. The molecule has 0 fully saturated rings. The van der Waals surface area contributed by atoms with Crippen molar-refractivity contribution in [3.8, 4) is 0 Å². The van der Waals surface area contributed by atoms with Gasteiger partial charge in [0.05, 0.1) is 5.56 Å². The summed E-state index contributed by atoms with van der Waals surface area (Å²) >= 11 is 3.28. The van der Waals surface area contributed by atoms with Crippen LogP contribution >= 0.6 is 15.9 Å². The van der Waals surface area contributed by atoms with Crippen LogP contribution in [0.1, 0.15) is 21.5 Å². The molecule has 0 saturated heterocycles. The lowest BCUT2D eigenvalue weighted by atomic mass is 10.1. The quantitative estimate of drug-likeness (QED) is 0.786. The predicted octanol–water partition coefficient (Wildman–Crippen LogP) is 2.16. The molecule has 0 radical (unpaired) electrons. The van der Waals surface area contributed by atoms with E-state index >= 15 is 0 Å². The largest absolute Gasteiger partial charge is 0.366 e. The van der Waals surface area contributed by atoms with Crippen LogP contribution in [0, 0.1) is 13.8 Å². The molecule has 0 aliphatic rings. The highest BCUT2D eigenvalue weighted by molar-refractivity contribution is 9.10. The van der Waals surface area contributed by atoms with Crippen molar-refractivity contribution in [2.45, 2.75) is 13.8 Å². The summed E-state index contributed by atoms with van der Waals surface area (Å²) in [5.41, 5.74) is 7.93. The molecule has 0 aliphatic carbocycles. The molecule has 1 rings (SSSR count). The number of carbonyl (C=O) groups is 1. The number of hydrogen-bond acceptors (Lipinski definition) is 1. The number of carbonyl (C=O) groups excluding carboxylic acids is 1. The molecular weight excluding hydrogens is 218 g/mol. The zero-order chi connectivity index (χ0) is 9.30. The molecule has 12 heavy (non-hydrogen) atoms. The van der Waals surface area contributed by atoms with Crippen molar-refractivity contribution < 1.29 is 4.79 Å². The predicted molar refractivity (Wildman–Crippen MR) is 52.1 cm³/mol. The summed E-state index contributed by atoms with van der Waals surface area (Å²) in [6.07, 6.45) is 0. The van der Waals surface area contributed by atoms with Gasteiger partial charge in [0.2, 0.25) is 5.91 Å². The van der Waals surface area contributed by atoms with Gasteiger partial charge in [0.1, 0.15) is 0 Å². The molecule has 0 heterocycles. The van der Waals surface area contributed by atoms with Crippen molar-refractivity contribution in [2.24, 2.45) is 5.73 Å². The Kier molecular flexibility index (Phi) is 2.52. The number of rotatable bonds is 1. The van der Waals surface area contributed by atoms with Crippen LogP contribution < -0.4 is 5.73 Å². The number of benzene rings is 1. The van der Waals surface area contributed by atoms with Gasteiger partial charge in [0.25, 0.3) is 0 Å². The normalized spacial score (nSPS) is 9.92. The summed E-state index contributed by atoms with van der Waals surface area (Å²) in [6.45, 7) is 3.94. The van der Waals surface area contributed by atoms with Gasteiger partial charge >= 0.3 is 0 Å². The van der Waals surface area contributed by atoms with Crippen molar-refractivity contribution in [1.29, 1.82) is 0 Å². The molecule has 0 atom stereocenters. The van der Waals surface area contributed by atoms with Gasteiger partial charge in [0, 0.05) is 4.47 Å². The standard InChI is InChI=1S/C9H10BrNO/c1-5-3-7(9(11)12)8(10)4-6(5)2/h3-4H,1-2H3,(H2,11,12). The maximum Gasteiger partial charge on any atom is 0.249 e. The Morgan fingerprint density at radius 2 is 1.83 bits per heavy atom. The Morgan fingerprint density at radius 1 is 1.33 bits per heavy atom. The second-order valence-electron chi connectivity index (χ2n) is 2.78. The van der Waals surface area contributed by atoms with E-state index in [4.69, 9.17) is 5.73 Å². The van der Waals surface area contributed by atoms with Gasteiger partial charge in [-0.25, -0.2) is 0 Å². The fourth-order valence-electron chi connectivity index (χ4n) is 0.970. The van der Waals surface area contributed by atoms with Gasteiger partial charge in [-0.3, -0.25) is 4.79 Å². The molecule has 0 aliphatic heterocycles. The first-order valence-electron chi connectivity index (χ1n) is 3.59. The van der Waals surface area contributed by atoms with Crippen LogP contribution in [-0.2, 0) is 0 Å². The molecule has 3 heteroatoms. The molecule has 1 amide bonds. The maximum absolute atomic E-state index is 10.9. The van der Waals surface area contributed by atoms with E-state index in [9.17, 15) is 4.79 Å².